The Hall–Kier alpha value is -1.48. The van der Waals surface area contributed by atoms with Crippen molar-refractivity contribution in [1.82, 2.24) is 9.21 Å². The van der Waals surface area contributed by atoms with Crippen molar-refractivity contribution in [2.75, 3.05) is 45.8 Å². The zero-order valence-corrected chi connectivity index (χ0v) is 18.1. The number of quaternary nitrogens is 1. The molecule has 0 bridgehead atoms. The maximum absolute atomic E-state index is 12.9. The van der Waals surface area contributed by atoms with Gasteiger partial charge in [-0.05, 0) is 51.0 Å². The minimum absolute atomic E-state index is 0.0580. The maximum Gasteiger partial charge on any atom is 0.277 e. The number of carbonyl (C=O) groups excluding carboxylic acids is 1. The van der Waals surface area contributed by atoms with Gasteiger partial charge in [0.1, 0.15) is 0 Å². The van der Waals surface area contributed by atoms with Crippen LogP contribution in [-0.4, -0.2) is 81.6 Å². The van der Waals surface area contributed by atoms with Crippen molar-refractivity contribution in [3.8, 4) is 0 Å². The molecule has 2 saturated heterocycles. The Morgan fingerprint density at radius 2 is 1.71 bits per heavy atom. The molecule has 156 valence electrons. The SMILES string of the molecule is Cc1ccc(S(=O)(=O)N2CC[NH+](CC(=O)N3C[C@H](C)O[C@@H](C)C3)CC2)cc1C. The molecule has 0 spiro atoms. The predicted octanol–water partition coefficient (Wildman–Crippen LogP) is -0.172. The van der Waals surface area contributed by atoms with Gasteiger partial charge in [-0.3, -0.25) is 4.79 Å². The first-order valence-electron chi connectivity index (χ1n) is 10.0. The summed E-state index contributed by atoms with van der Waals surface area (Å²) in [7, 11) is -3.48. The fourth-order valence-corrected chi connectivity index (χ4v) is 5.48. The lowest BCUT2D eigenvalue weighted by atomic mass is 10.1. The van der Waals surface area contributed by atoms with E-state index in [4.69, 9.17) is 4.74 Å². The first-order chi connectivity index (χ1) is 13.2. The smallest absolute Gasteiger partial charge is 0.277 e. The Labute approximate surface area is 168 Å². The average Bonchev–Trinajstić information content (AvgIpc) is 2.63. The molecule has 1 N–H and O–H groups in total. The van der Waals surface area contributed by atoms with Crippen molar-refractivity contribution >= 4 is 15.9 Å². The molecule has 3 rings (SSSR count). The van der Waals surface area contributed by atoms with Crippen LogP contribution in [0, 0.1) is 13.8 Å². The Morgan fingerprint density at radius 1 is 1.11 bits per heavy atom. The number of hydrogen-bond acceptors (Lipinski definition) is 4. The standard InChI is InChI=1S/C20H31N3O4S/c1-15-5-6-19(11-16(15)2)28(25,26)23-9-7-21(8-10-23)14-20(24)22-12-17(3)27-18(4)13-22/h5-6,11,17-18H,7-10,12-14H2,1-4H3/p+1/t17-,18-/m0/s1. The molecule has 2 aliphatic rings. The molecule has 1 aromatic carbocycles. The second-order valence-electron chi connectivity index (χ2n) is 8.13. The molecule has 0 aliphatic carbocycles. The molecule has 0 unspecified atom stereocenters. The van der Waals surface area contributed by atoms with E-state index in [1.54, 1.807) is 16.4 Å². The molecular weight excluding hydrogens is 378 g/mol. The Bertz CT molecular complexity index is 809. The summed E-state index contributed by atoms with van der Waals surface area (Å²) in [5.74, 6) is 0.127. The highest BCUT2D eigenvalue weighted by Gasteiger charge is 2.33. The summed E-state index contributed by atoms with van der Waals surface area (Å²) in [5.41, 5.74) is 2.06. The number of nitrogens with zero attached hydrogens (tertiary/aromatic N) is 2. The summed E-state index contributed by atoms with van der Waals surface area (Å²) in [6.07, 6.45) is 0.116. The number of benzene rings is 1. The number of ether oxygens (including phenoxy) is 1. The number of nitrogens with one attached hydrogen (secondary N) is 1. The third-order valence-corrected chi connectivity index (χ3v) is 7.61. The number of morpholine rings is 1. The van der Waals surface area contributed by atoms with Crippen molar-refractivity contribution in [1.29, 1.82) is 0 Å². The summed E-state index contributed by atoms with van der Waals surface area (Å²) in [6.45, 7) is 11.7. The highest BCUT2D eigenvalue weighted by molar-refractivity contribution is 7.89. The van der Waals surface area contributed by atoms with Crippen LogP contribution in [0.1, 0.15) is 25.0 Å². The summed E-state index contributed by atoms with van der Waals surface area (Å²) in [5, 5.41) is 0. The summed E-state index contributed by atoms with van der Waals surface area (Å²) < 4.78 is 33.1. The highest BCUT2D eigenvalue weighted by Crippen LogP contribution is 2.19. The average molecular weight is 411 g/mol. The van der Waals surface area contributed by atoms with Gasteiger partial charge in [-0.2, -0.15) is 4.31 Å². The first-order valence-corrected chi connectivity index (χ1v) is 11.4. The number of amides is 1. The number of aryl methyl sites for hydroxylation is 2. The molecule has 0 saturated carbocycles. The second-order valence-corrected chi connectivity index (χ2v) is 10.1. The molecule has 8 heteroatoms. The summed E-state index contributed by atoms with van der Waals surface area (Å²) in [4.78, 5) is 16.0. The van der Waals surface area contributed by atoms with Crippen molar-refractivity contribution < 1.29 is 22.8 Å². The first kappa shape index (κ1) is 21.2. The molecule has 1 aromatic rings. The summed E-state index contributed by atoms with van der Waals surface area (Å²) in [6, 6.07) is 5.28. The predicted molar refractivity (Wildman–Crippen MR) is 107 cm³/mol. The fourth-order valence-electron chi connectivity index (χ4n) is 3.95. The van der Waals surface area contributed by atoms with E-state index in [9.17, 15) is 13.2 Å². The van der Waals surface area contributed by atoms with Gasteiger partial charge < -0.3 is 14.5 Å². The molecule has 28 heavy (non-hydrogen) atoms. The Morgan fingerprint density at radius 3 is 2.29 bits per heavy atom. The van der Waals surface area contributed by atoms with Crippen LogP contribution in [-0.2, 0) is 19.6 Å². The van der Waals surface area contributed by atoms with Crippen LogP contribution in [0.4, 0.5) is 0 Å². The molecule has 7 nitrogen and oxygen atoms in total. The highest BCUT2D eigenvalue weighted by atomic mass is 32.2. The molecule has 0 aromatic heterocycles. The molecule has 2 aliphatic heterocycles. The van der Waals surface area contributed by atoms with Crippen molar-refractivity contribution in [3.63, 3.8) is 0 Å². The van der Waals surface area contributed by atoms with Gasteiger partial charge in [-0.25, -0.2) is 8.42 Å². The molecule has 2 atom stereocenters. The molecule has 1 amide bonds. The molecule has 2 fully saturated rings. The minimum Gasteiger partial charge on any atom is -0.372 e. The monoisotopic (exact) mass is 410 g/mol. The normalized spacial score (nSPS) is 25.1. The number of sulfonamides is 1. The van der Waals surface area contributed by atoms with Gasteiger partial charge in [-0.15, -0.1) is 0 Å². The summed E-state index contributed by atoms with van der Waals surface area (Å²) >= 11 is 0. The van der Waals surface area contributed by atoms with Gasteiger partial charge in [0.25, 0.3) is 5.91 Å². The van der Waals surface area contributed by atoms with Crippen LogP contribution in [0.3, 0.4) is 0 Å². The molecule has 2 heterocycles. The van der Waals surface area contributed by atoms with E-state index >= 15 is 0 Å². The Kier molecular flexibility index (Phi) is 6.44. The van der Waals surface area contributed by atoms with Gasteiger partial charge in [0.2, 0.25) is 10.0 Å². The minimum atomic E-state index is -3.48. The zero-order valence-electron chi connectivity index (χ0n) is 17.3. The van der Waals surface area contributed by atoms with E-state index in [0.29, 0.717) is 50.7 Å². The van der Waals surface area contributed by atoms with Crippen LogP contribution in [0.25, 0.3) is 0 Å². The van der Waals surface area contributed by atoms with Gasteiger partial charge in [-0.1, -0.05) is 6.07 Å². The van der Waals surface area contributed by atoms with E-state index in [-0.39, 0.29) is 18.1 Å². The van der Waals surface area contributed by atoms with E-state index < -0.39 is 10.0 Å². The third kappa shape index (κ3) is 4.74. The van der Waals surface area contributed by atoms with Crippen LogP contribution in [0.2, 0.25) is 0 Å². The maximum atomic E-state index is 12.9. The third-order valence-electron chi connectivity index (χ3n) is 5.72. The van der Waals surface area contributed by atoms with Crippen LogP contribution in [0.15, 0.2) is 23.1 Å². The second kappa shape index (κ2) is 8.49. The zero-order chi connectivity index (χ0) is 20.5. The van der Waals surface area contributed by atoms with E-state index in [1.807, 2.05) is 38.7 Å². The number of piperazine rings is 1. The van der Waals surface area contributed by atoms with Gasteiger partial charge in [0.05, 0.1) is 43.3 Å². The van der Waals surface area contributed by atoms with Crippen LogP contribution < -0.4 is 4.90 Å². The quantitative estimate of drug-likeness (QED) is 0.748. The largest absolute Gasteiger partial charge is 0.372 e. The van der Waals surface area contributed by atoms with Crippen molar-refractivity contribution in [3.05, 3.63) is 29.3 Å². The van der Waals surface area contributed by atoms with Crippen molar-refractivity contribution in [2.45, 2.75) is 44.8 Å². The Balaban J connectivity index is 1.56. The fraction of sp³-hybridized carbons (Fsp3) is 0.650. The number of rotatable bonds is 4. The number of hydrogen-bond donors (Lipinski definition) is 1. The number of carbonyl (C=O) groups is 1. The van der Waals surface area contributed by atoms with Crippen LogP contribution >= 0.6 is 0 Å². The van der Waals surface area contributed by atoms with Gasteiger partial charge >= 0.3 is 0 Å². The van der Waals surface area contributed by atoms with E-state index in [1.165, 1.54) is 0 Å². The molecule has 0 radical (unpaired) electrons. The lowest BCUT2D eigenvalue weighted by molar-refractivity contribution is -0.896. The van der Waals surface area contributed by atoms with E-state index in [2.05, 4.69) is 0 Å². The van der Waals surface area contributed by atoms with Crippen molar-refractivity contribution in [2.24, 2.45) is 0 Å². The van der Waals surface area contributed by atoms with Crippen LogP contribution in [0.5, 0.6) is 0 Å². The van der Waals surface area contributed by atoms with Gasteiger partial charge in [0.15, 0.2) is 6.54 Å². The van der Waals surface area contributed by atoms with E-state index in [0.717, 1.165) is 16.0 Å². The molecular formula is C20H32N3O4S+. The lowest BCUT2D eigenvalue weighted by Gasteiger charge is -2.37. The topological polar surface area (TPSA) is 71.4 Å². The lowest BCUT2D eigenvalue weighted by Crippen LogP contribution is -3.15. The van der Waals surface area contributed by atoms with Gasteiger partial charge in [0, 0.05) is 13.1 Å².